The molecule has 1 aliphatic rings. The molecule has 0 saturated heterocycles. The van der Waals surface area contributed by atoms with Crippen LogP contribution < -0.4 is 16.0 Å². The summed E-state index contributed by atoms with van der Waals surface area (Å²) in [7, 11) is 0. The van der Waals surface area contributed by atoms with E-state index < -0.39 is 23.6 Å². The van der Waals surface area contributed by atoms with Gasteiger partial charge in [-0.1, -0.05) is 34.8 Å². The Morgan fingerprint density at radius 1 is 0.879 bits per heavy atom. The third-order valence-corrected chi connectivity index (χ3v) is 5.93. The molecule has 10 heteroatoms. The molecule has 1 fully saturated rings. The number of hydrogen-bond donors (Lipinski definition) is 3. The second kappa shape index (κ2) is 10.8. The van der Waals surface area contributed by atoms with E-state index in [0.29, 0.717) is 18.4 Å². The van der Waals surface area contributed by atoms with Crippen LogP contribution in [0.2, 0.25) is 0 Å². The third-order valence-electron chi connectivity index (χ3n) is 5.40. The highest BCUT2D eigenvalue weighted by Crippen LogP contribution is 2.29. The van der Waals surface area contributed by atoms with Gasteiger partial charge in [-0.3, -0.25) is 14.4 Å². The zero-order chi connectivity index (χ0) is 24.0. The van der Waals surface area contributed by atoms with Gasteiger partial charge in [0.1, 0.15) is 0 Å². The highest BCUT2D eigenvalue weighted by molar-refractivity contribution is 9.10. The Hall–Kier alpha value is -2.88. The monoisotopic (exact) mass is 525 g/mol. The predicted octanol–water partition coefficient (Wildman–Crippen LogP) is 4.06. The van der Waals surface area contributed by atoms with Crippen molar-refractivity contribution in [3.8, 4) is 0 Å². The van der Waals surface area contributed by atoms with Gasteiger partial charge in [-0.2, -0.15) is 13.2 Å². The summed E-state index contributed by atoms with van der Waals surface area (Å²) in [5, 5.41) is 8.12. The lowest BCUT2D eigenvalue weighted by Crippen LogP contribution is -2.54. The topological polar surface area (TPSA) is 87.3 Å². The van der Waals surface area contributed by atoms with Gasteiger partial charge >= 0.3 is 6.18 Å². The van der Waals surface area contributed by atoms with E-state index in [0.717, 1.165) is 35.5 Å². The summed E-state index contributed by atoms with van der Waals surface area (Å²) in [6.45, 7) is -0.390. The van der Waals surface area contributed by atoms with Gasteiger partial charge in [0.25, 0.3) is 11.8 Å². The first-order valence-electron chi connectivity index (χ1n) is 10.4. The van der Waals surface area contributed by atoms with Gasteiger partial charge in [0, 0.05) is 27.7 Å². The molecule has 0 spiro atoms. The van der Waals surface area contributed by atoms with Crippen LogP contribution in [-0.4, -0.2) is 36.3 Å². The normalized spacial score (nSPS) is 18.3. The van der Waals surface area contributed by atoms with Crippen molar-refractivity contribution < 1.29 is 27.6 Å². The van der Waals surface area contributed by atoms with E-state index in [4.69, 9.17) is 0 Å². The number of halogens is 4. The average molecular weight is 526 g/mol. The summed E-state index contributed by atoms with van der Waals surface area (Å²) >= 11 is 3.32. The lowest BCUT2D eigenvalue weighted by atomic mass is 9.90. The number of carbonyl (C=O) groups excluding carboxylic acids is 3. The molecule has 0 radical (unpaired) electrons. The molecule has 1 saturated carbocycles. The second-order valence-electron chi connectivity index (χ2n) is 7.81. The largest absolute Gasteiger partial charge is 0.416 e. The van der Waals surface area contributed by atoms with Crippen molar-refractivity contribution in [3.05, 3.63) is 69.7 Å². The smallest absolute Gasteiger partial charge is 0.350 e. The standard InChI is InChI=1S/C23H23BrF3N3O3/c24-17-10-8-14(9-11-17)22(33)30-19-7-2-1-6-18(19)29-20(31)13-28-21(32)15-4-3-5-16(12-15)23(25,26)27/h3-5,8-12,18-19H,1-2,6-7,13H2,(H,28,32)(H,29,31)(H,30,33)/t18-,19+/m0/s1. The van der Waals surface area contributed by atoms with Crippen molar-refractivity contribution in [2.45, 2.75) is 43.9 Å². The number of amides is 3. The molecule has 0 heterocycles. The maximum Gasteiger partial charge on any atom is 0.416 e. The van der Waals surface area contributed by atoms with Crippen LogP contribution in [-0.2, 0) is 11.0 Å². The number of hydrogen-bond acceptors (Lipinski definition) is 3. The molecule has 0 aromatic heterocycles. The molecule has 2 aromatic rings. The fourth-order valence-corrected chi connectivity index (χ4v) is 3.95. The van der Waals surface area contributed by atoms with Crippen molar-refractivity contribution in [1.29, 1.82) is 0 Å². The van der Waals surface area contributed by atoms with Crippen molar-refractivity contribution in [2.75, 3.05) is 6.54 Å². The van der Waals surface area contributed by atoms with Crippen LogP contribution in [0.5, 0.6) is 0 Å². The number of rotatable bonds is 6. The number of benzene rings is 2. The molecule has 3 rings (SSSR count). The van der Waals surface area contributed by atoms with Gasteiger partial charge in [0.15, 0.2) is 0 Å². The lowest BCUT2D eigenvalue weighted by Gasteiger charge is -2.33. The van der Waals surface area contributed by atoms with E-state index in [1.54, 1.807) is 24.3 Å². The van der Waals surface area contributed by atoms with E-state index in [-0.39, 0.29) is 30.1 Å². The number of nitrogens with one attached hydrogen (secondary N) is 3. The minimum absolute atomic E-state index is 0.185. The zero-order valence-corrected chi connectivity index (χ0v) is 19.1. The van der Waals surface area contributed by atoms with Gasteiger partial charge < -0.3 is 16.0 Å². The molecule has 1 aliphatic carbocycles. The summed E-state index contributed by atoms with van der Waals surface area (Å²) in [4.78, 5) is 37.1. The summed E-state index contributed by atoms with van der Waals surface area (Å²) in [6.07, 6.45) is -1.41. The van der Waals surface area contributed by atoms with Crippen molar-refractivity contribution in [1.82, 2.24) is 16.0 Å². The van der Waals surface area contributed by atoms with Crippen molar-refractivity contribution >= 4 is 33.7 Å². The Labute approximate surface area is 197 Å². The van der Waals surface area contributed by atoms with Crippen LogP contribution in [0.3, 0.4) is 0 Å². The van der Waals surface area contributed by atoms with Crippen LogP contribution in [0, 0.1) is 0 Å². The Morgan fingerprint density at radius 2 is 1.52 bits per heavy atom. The first kappa shape index (κ1) is 24.8. The fraction of sp³-hybridized carbons (Fsp3) is 0.348. The predicted molar refractivity (Wildman–Crippen MR) is 120 cm³/mol. The molecule has 2 aromatic carbocycles. The first-order valence-corrected chi connectivity index (χ1v) is 11.2. The molecule has 33 heavy (non-hydrogen) atoms. The van der Waals surface area contributed by atoms with Crippen LogP contribution >= 0.6 is 15.9 Å². The van der Waals surface area contributed by atoms with E-state index in [2.05, 4.69) is 31.9 Å². The molecule has 3 amide bonds. The van der Waals surface area contributed by atoms with Gasteiger partial charge in [0.2, 0.25) is 5.91 Å². The molecule has 6 nitrogen and oxygen atoms in total. The average Bonchev–Trinajstić information content (AvgIpc) is 2.78. The van der Waals surface area contributed by atoms with Gasteiger partial charge in [-0.25, -0.2) is 0 Å². The maximum atomic E-state index is 12.8. The number of alkyl halides is 3. The van der Waals surface area contributed by atoms with Crippen LogP contribution in [0.15, 0.2) is 53.0 Å². The quantitative estimate of drug-likeness (QED) is 0.531. The SMILES string of the molecule is O=C(CNC(=O)c1cccc(C(F)(F)F)c1)N[C@H]1CCCC[C@H]1NC(=O)c1ccc(Br)cc1. The maximum absolute atomic E-state index is 12.8. The molecule has 2 atom stereocenters. The van der Waals surface area contributed by atoms with E-state index in [1.807, 2.05) is 0 Å². The van der Waals surface area contributed by atoms with E-state index >= 15 is 0 Å². The summed E-state index contributed by atoms with van der Waals surface area (Å²) < 4.78 is 39.3. The fourth-order valence-electron chi connectivity index (χ4n) is 3.69. The van der Waals surface area contributed by atoms with Gasteiger partial charge in [-0.15, -0.1) is 0 Å². The minimum atomic E-state index is -4.57. The summed E-state index contributed by atoms with van der Waals surface area (Å²) in [5.41, 5.74) is -0.622. The molecule has 0 bridgehead atoms. The Kier molecular flexibility index (Phi) is 8.12. The molecule has 176 valence electrons. The van der Waals surface area contributed by atoms with E-state index in [9.17, 15) is 27.6 Å². The van der Waals surface area contributed by atoms with Crippen LogP contribution in [0.1, 0.15) is 52.0 Å². The summed E-state index contributed by atoms with van der Waals surface area (Å²) in [6, 6.07) is 10.3. The Balaban J connectivity index is 1.54. The third kappa shape index (κ3) is 7.05. The highest BCUT2D eigenvalue weighted by Gasteiger charge is 2.31. The van der Waals surface area contributed by atoms with Crippen LogP contribution in [0.25, 0.3) is 0 Å². The van der Waals surface area contributed by atoms with Crippen molar-refractivity contribution in [2.24, 2.45) is 0 Å². The molecule has 0 aliphatic heterocycles. The molecular formula is C23H23BrF3N3O3. The summed E-state index contributed by atoms with van der Waals surface area (Å²) in [5.74, 6) is -1.50. The molecule has 3 N–H and O–H groups in total. The number of carbonyl (C=O) groups is 3. The second-order valence-corrected chi connectivity index (χ2v) is 8.72. The zero-order valence-electron chi connectivity index (χ0n) is 17.5. The minimum Gasteiger partial charge on any atom is -0.350 e. The van der Waals surface area contributed by atoms with Gasteiger partial charge in [-0.05, 0) is 55.3 Å². The lowest BCUT2D eigenvalue weighted by molar-refractivity contribution is -0.137. The van der Waals surface area contributed by atoms with Crippen LogP contribution in [0.4, 0.5) is 13.2 Å². The molecular weight excluding hydrogens is 503 g/mol. The highest BCUT2D eigenvalue weighted by atomic mass is 79.9. The Morgan fingerprint density at radius 3 is 2.15 bits per heavy atom. The van der Waals surface area contributed by atoms with E-state index in [1.165, 1.54) is 6.07 Å². The Bertz CT molecular complexity index is 1010. The first-order chi connectivity index (χ1) is 15.6. The van der Waals surface area contributed by atoms with Gasteiger partial charge in [0.05, 0.1) is 12.1 Å². The van der Waals surface area contributed by atoms with Crippen molar-refractivity contribution in [3.63, 3.8) is 0 Å². The molecule has 0 unspecified atom stereocenters.